The number of carboxylic acids is 1. The Morgan fingerprint density at radius 3 is 2.56 bits per heavy atom. The number of aromatic nitrogens is 1. The molecular formula is C24H25BrN2O5. The second-order valence-electron chi connectivity index (χ2n) is 9.24. The lowest BCUT2D eigenvalue weighted by atomic mass is 9.98. The number of amides is 1. The van der Waals surface area contributed by atoms with Gasteiger partial charge in [-0.1, -0.05) is 40.2 Å². The number of carboxylic acid groups (broad SMARTS) is 1. The Hall–Kier alpha value is -2.87. The molecule has 4 rings (SSSR count). The van der Waals surface area contributed by atoms with E-state index in [9.17, 15) is 14.7 Å². The van der Waals surface area contributed by atoms with Crippen molar-refractivity contribution in [1.82, 2.24) is 9.88 Å². The number of carbonyl (C=O) groups excluding carboxylic acids is 1. The lowest BCUT2D eigenvalue weighted by molar-refractivity contribution is -0.148. The van der Waals surface area contributed by atoms with E-state index in [1.807, 2.05) is 42.5 Å². The normalized spacial score (nSPS) is 21.2. The molecule has 32 heavy (non-hydrogen) atoms. The number of carbonyl (C=O) groups is 2. The van der Waals surface area contributed by atoms with Crippen molar-refractivity contribution in [3.05, 3.63) is 46.9 Å². The van der Waals surface area contributed by atoms with E-state index in [-0.39, 0.29) is 13.0 Å². The van der Waals surface area contributed by atoms with Crippen LogP contribution in [0.15, 0.2) is 46.9 Å². The van der Waals surface area contributed by atoms with Crippen LogP contribution >= 0.6 is 15.9 Å². The summed E-state index contributed by atoms with van der Waals surface area (Å²) in [7, 11) is 0. The Labute approximate surface area is 194 Å². The minimum absolute atomic E-state index is 0.0850. The molecule has 1 aromatic heterocycles. The first-order chi connectivity index (χ1) is 15.0. The number of rotatable bonds is 3. The van der Waals surface area contributed by atoms with Gasteiger partial charge < -0.3 is 14.6 Å². The smallest absolute Gasteiger partial charge is 0.411 e. The van der Waals surface area contributed by atoms with Crippen LogP contribution in [0.1, 0.15) is 34.1 Å². The van der Waals surface area contributed by atoms with Gasteiger partial charge in [0.05, 0.1) is 12.1 Å². The fourth-order valence-corrected chi connectivity index (χ4v) is 4.40. The van der Waals surface area contributed by atoms with Gasteiger partial charge in [0.15, 0.2) is 0 Å². The molecule has 1 aliphatic rings. The second kappa shape index (κ2) is 7.92. The monoisotopic (exact) mass is 500 g/mol. The second-order valence-corrected chi connectivity index (χ2v) is 10.2. The van der Waals surface area contributed by atoms with E-state index in [0.717, 1.165) is 26.1 Å². The minimum atomic E-state index is -1.44. The number of fused-ring (bicyclic) bond motifs is 3. The molecule has 1 fully saturated rings. The molecule has 3 aromatic rings. The van der Waals surface area contributed by atoms with Crippen LogP contribution in [0.5, 0.6) is 5.88 Å². The van der Waals surface area contributed by atoms with E-state index >= 15 is 0 Å². The zero-order chi connectivity index (χ0) is 23.3. The van der Waals surface area contributed by atoms with Crippen molar-refractivity contribution < 1.29 is 24.2 Å². The minimum Gasteiger partial charge on any atom is -0.480 e. The molecule has 2 heterocycles. The molecule has 7 nitrogen and oxygen atoms in total. The summed E-state index contributed by atoms with van der Waals surface area (Å²) < 4.78 is 12.6. The van der Waals surface area contributed by atoms with E-state index in [1.54, 1.807) is 20.8 Å². The van der Waals surface area contributed by atoms with Gasteiger partial charge >= 0.3 is 12.1 Å². The van der Waals surface area contributed by atoms with Crippen molar-refractivity contribution in [2.45, 2.75) is 51.4 Å². The lowest BCUT2D eigenvalue weighted by Gasteiger charge is -2.32. The van der Waals surface area contributed by atoms with Crippen LogP contribution in [0.3, 0.4) is 0 Å². The van der Waals surface area contributed by atoms with E-state index in [0.29, 0.717) is 5.88 Å². The van der Waals surface area contributed by atoms with Gasteiger partial charge in [0.1, 0.15) is 17.2 Å². The standard InChI is InChI=1S/C24H25BrN2O5/c1-23(2,3)32-22(30)27-13-15(12-24(27,4)21(28)29)31-20-18-11-14(25)9-10-16(18)17-7-5-6-8-19(17)26-20/h5-11,15H,12-13H2,1-4H3,(H,28,29)/t15-,24+/m1/s1. The number of aliphatic carboxylic acids is 1. The van der Waals surface area contributed by atoms with E-state index in [2.05, 4.69) is 15.9 Å². The van der Waals surface area contributed by atoms with Crippen molar-refractivity contribution in [3.8, 4) is 5.88 Å². The molecule has 2 aromatic carbocycles. The van der Waals surface area contributed by atoms with Gasteiger partial charge in [0.25, 0.3) is 0 Å². The largest absolute Gasteiger partial charge is 0.480 e. The van der Waals surface area contributed by atoms with Crippen LogP contribution in [-0.2, 0) is 9.53 Å². The van der Waals surface area contributed by atoms with E-state index < -0.39 is 29.3 Å². The molecule has 0 spiro atoms. The van der Waals surface area contributed by atoms with Gasteiger partial charge in [-0.15, -0.1) is 0 Å². The van der Waals surface area contributed by atoms with Crippen LogP contribution < -0.4 is 4.74 Å². The summed E-state index contributed by atoms with van der Waals surface area (Å²) in [6.45, 7) is 6.84. The Balaban J connectivity index is 1.71. The summed E-state index contributed by atoms with van der Waals surface area (Å²) in [5, 5.41) is 12.7. The molecule has 1 amide bonds. The SMILES string of the molecule is CC(C)(C)OC(=O)N1C[C@H](Oc2nc3ccccc3c3ccc(Br)cc23)C[C@@]1(C)C(=O)O. The van der Waals surface area contributed by atoms with Crippen molar-refractivity contribution in [1.29, 1.82) is 0 Å². The number of halogens is 1. The Morgan fingerprint density at radius 1 is 1.16 bits per heavy atom. The van der Waals surface area contributed by atoms with Gasteiger partial charge in [-0.25, -0.2) is 14.6 Å². The van der Waals surface area contributed by atoms with Crippen LogP contribution in [0.4, 0.5) is 4.79 Å². The summed E-state index contributed by atoms with van der Waals surface area (Å²) in [6.07, 6.45) is -1.11. The zero-order valence-electron chi connectivity index (χ0n) is 18.4. The van der Waals surface area contributed by atoms with E-state index in [1.165, 1.54) is 11.8 Å². The average molecular weight is 501 g/mol. The highest BCUT2D eigenvalue weighted by molar-refractivity contribution is 9.10. The molecule has 0 unspecified atom stereocenters. The maximum absolute atomic E-state index is 12.8. The molecule has 168 valence electrons. The third-order valence-electron chi connectivity index (χ3n) is 5.59. The molecule has 1 saturated heterocycles. The van der Waals surface area contributed by atoms with Crippen molar-refractivity contribution in [2.24, 2.45) is 0 Å². The number of nitrogens with zero attached hydrogens (tertiary/aromatic N) is 2. The third kappa shape index (κ3) is 4.11. The first-order valence-corrected chi connectivity index (χ1v) is 11.2. The molecule has 1 N–H and O–H groups in total. The van der Waals surface area contributed by atoms with Crippen LogP contribution in [0, 0.1) is 0 Å². The molecule has 0 radical (unpaired) electrons. The Kier molecular flexibility index (Phi) is 5.53. The molecule has 1 aliphatic heterocycles. The fraction of sp³-hybridized carbons (Fsp3) is 0.375. The highest BCUT2D eigenvalue weighted by Crippen LogP contribution is 2.37. The number of hydrogen-bond donors (Lipinski definition) is 1. The number of pyridine rings is 1. The van der Waals surface area contributed by atoms with Crippen molar-refractivity contribution >= 4 is 49.7 Å². The van der Waals surface area contributed by atoms with Gasteiger partial charge in [-0.3, -0.25) is 4.90 Å². The molecule has 0 saturated carbocycles. The van der Waals surface area contributed by atoms with Crippen LogP contribution in [-0.4, -0.2) is 50.8 Å². The first-order valence-electron chi connectivity index (χ1n) is 10.4. The zero-order valence-corrected chi connectivity index (χ0v) is 20.0. The topological polar surface area (TPSA) is 89.0 Å². The van der Waals surface area contributed by atoms with Gasteiger partial charge in [0, 0.05) is 21.7 Å². The summed E-state index contributed by atoms with van der Waals surface area (Å²) in [5.41, 5.74) is -1.40. The van der Waals surface area contributed by atoms with Crippen molar-refractivity contribution in [2.75, 3.05) is 6.54 Å². The fourth-order valence-electron chi connectivity index (χ4n) is 4.04. The van der Waals surface area contributed by atoms with Crippen molar-refractivity contribution in [3.63, 3.8) is 0 Å². The number of likely N-dealkylation sites (tertiary alicyclic amines) is 1. The molecule has 8 heteroatoms. The van der Waals surface area contributed by atoms with Crippen LogP contribution in [0.2, 0.25) is 0 Å². The van der Waals surface area contributed by atoms with Gasteiger partial charge in [-0.2, -0.15) is 0 Å². The summed E-state index contributed by atoms with van der Waals surface area (Å²) >= 11 is 3.51. The lowest BCUT2D eigenvalue weighted by Crippen LogP contribution is -2.52. The Morgan fingerprint density at radius 2 is 1.88 bits per heavy atom. The molecular weight excluding hydrogens is 476 g/mol. The molecule has 0 bridgehead atoms. The van der Waals surface area contributed by atoms with Crippen LogP contribution in [0.25, 0.3) is 21.7 Å². The number of hydrogen-bond acceptors (Lipinski definition) is 5. The van der Waals surface area contributed by atoms with Gasteiger partial charge in [0.2, 0.25) is 5.88 Å². The number of para-hydroxylation sites is 1. The van der Waals surface area contributed by atoms with E-state index in [4.69, 9.17) is 14.5 Å². The Bertz CT molecular complexity index is 1220. The highest BCUT2D eigenvalue weighted by atomic mass is 79.9. The molecule has 2 atom stereocenters. The maximum atomic E-state index is 12.8. The number of benzene rings is 2. The highest BCUT2D eigenvalue weighted by Gasteiger charge is 2.52. The maximum Gasteiger partial charge on any atom is 0.411 e. The predicted octanol–water partition coefficient (Wildman–Crippen LogP) is 5.38. The first kappa shape index (κ1) is 22.3. The number of ether oxygens (including phenoxy) is 2. The quantitative estimate of drug-likeness (QED) is 0.485. The summed E-state index contributed by atoms with van der Waals surface area (Å²) in [4.78, 5) is 30.8. The van der Waals surface area contributed by atoms with Gasteiger partial charge in [-0.05, 0) is 51.3 Å². The molecule has 0 aliphatic carbocycles. The predicted molar refractivity (Wildman–Crippen MR) is 125 cm³/mol. The third-order valence-corrected chi connectivity index (χ3v) is 6.08. The summed E-state index contributed by atoms with van der Waals surface area (Å²) in [5.74, 6) is -0.697. The average Bonchev–Trinajstić information content (AvgIpc) is 3.04. The summed E-state index contributed by atoms with van der Waals surface area (Å²) in [6, 6.07) is 13.7.